The van der Waals surface area contributed by atoms with E-state index >= 15 is 0 Å². The summed E-state index contributed by atoms with van der Waals surface area (Å²) in [6.07, 6.45) is 7.25. The standard InChI is InChI=1S/C24H38O6/c1-6-13-26-20-18-21(27-14-7-2)24(30-17-10-5)19(23(20)29-16-9-4)11-12-22(25)28-15-8-3/h11-12,18H,6-10,13-17H2,1-5H3. The third kappa shape index (κ3) is 8.56. The second-order valence-corrected chi connectivity index (χ2v) is 6.84. The zero-order valence-electron chi connectivity index (χ0n) is 19.3. The largest absolute Gasteiger partial charge is 0.490 e. The van der Waals surface area contributed by atoms with Gasteiger partial charge in [0.25, 0.3) is 0 Å². The molecule has 0 N–H and O–H groups in total. The Hall–Kier alpha value is -2.37. The second kappa shape index (κ2) is 15.5. The van der Waals surface area contributed by atoms with E-state index in [0.717, 1.165) is 32.1 Å². The summed E-state index contributed by atoms with van der Waals surface area (Å²) >= 11 is 0. The van der Waals surface area contributed by atoms with Crippen molar-refractivity contribution in [2.45, 2.75) is 66.7 Å². The maximum atomic E-state index is 12.1. The topological polar surface area (TPSA) is 63.2 Å². The summed E-state index contributed by atoms with van der Waals surface area (Å²) in [4.78, 5) is 12.1. The molecular formula is C24H38O6. The first-order chi connectivity index (χ1) is 14.6. The van der Waals surface area contributed by atoms with Crippen LogP contribution >= 0.6 is 0 Å². The van der Waals surface area contributed by atoms with Gasteiger partial charge in [0.2, 0.25) is 0 Å². The van der Waals surface area contributed by atoms with E-state index in [1.807, 2.05) is 40.7 Å². The lowest BCUT2D eigenvalue weighted by molar-refractivity contribution is -0.137. The van der Waals surface area contributed by atoms with Gasteiger partial charge in [-0.1, -0.05) is 34.6 Å². The third-order valence-electron chi connectivity index (χ3n) is 3.86. The highest BCUT2D eigenvalue weighted by atomic mass is 16.5. The van der Waals surface area contributed by atoms with Crippen LogP contribution in [0, 0.1) is 0 Å². The summed E-state index contributed by atoms with van der Waals surface area (Å²) in [7, 11) is 0. The summed E-state index contributed by atoms with van der Waals surface area (Å²) < 4.78 is 29.2. The van der Waals surface area contributed by atoms with Gasteiger partial charge >= 0.3 is 5.97 Å². The van der Waals surface area contributed by atoms with Crippen molar-refractivity contribution in [1.82, 2.24) is 0 Å². The Labute approximate surface area is 181 Å². The quantitative estimate of drug-likeness (QED) is 0.247. The molecule has 0 unspecified atom stereocenters. The molecule has 30 heavy (non-hydrogen) atoms. The molecule has 0 atom stereocenters. The zero-order chi connectivity index (χ0) is 22.2. The molecule has 0 fully saturated rings. The van der Waals surface area contributed by atoms with Crippen LogP contribution in [-0.2, 0) is 9.53 Å². The molecule has 6 heteroatoms. The molecule has 0 bridgehead atoms. The third-order valence-corrected chi connectivity index (χ3v) is 3.86. The number of ether oxygens (including phenoxy) is 5. The van der Waals surface area contributed by atoms with Gasteiger partial charge in [-0.05, 0) is 38.2 Å². The van der Waals surface area contributed by atoms with Gasteiger partial charge in [-0.2, -0.15) is 0 Å². The first-order valence-corrected chi connectivity index (χ1v) is 11.2. The molecule has 0 heterocycles. The highest BCUT2D eigenvalue weighted by Gasteiger charge is 2.22. The number of benzene rings is 1. The van der Waals surface area contributed by atoms with Crippen molar-refractivity contribution in [2.75, 3.05) is 33.0 Å². The van der Waals surface area contributed by atoms with Crippen molar-refractivity contribution in [3.05, 3.63) is 17.7 Å². The number of carbonyl (C=O) groups excluding carboxylic acids is 1. The molecule has 0 saturated carbocycles. The highest BCUT2D eigenvalue weighted by molar-refractivity contribution is 5.89. The van der Waals surface area contributed by atoms with Gasteiger partial charge in [-0.25, -0.2) is 4.79 Å². The van der Waals surface area contributed by atoms with Crippen LogP contribution in [0.4, 0.5) is 0 Å². The molecule has 6 nitrogen and oxygen atoms in total. The SMILES string of the molecule is CCCOC(=O)C=Cc1c(OCCC)c(OCCC)cc(OCCC)c1OCCC. The van der Waals surface area contributed by atoms with Gasteiger partial charge in [0, 0.05) is 12.1 Å². The number of carbonyl (C=O) groups is 1. The van der Waals surface area contributed by atoms with Crippen LogP contribution in [0.1, 0.15) is 72.3 Å². The van der Waals surface area contributed by atoms with Crippen LogP contribution in [0.15, 0.2) is 12.1 Å². The van der Waals surface area contributed by atoms with Crippen LogP contribution in [0.25, 0.3) is 6.08 Å². The van der Waals surface area contributed by atoms with E-state index in [-0.39, 0.29) is 0 Å². The van der Waals surface area contributed by atoms with Gasteiger partial charge < -0.3 is 23.7 Å². The first-order valence-electron chi connectivity index (χ1n) is 11.2. The van der Waals surface area contributed by atoms with Gasteiger partial charge in [-0.3, -0.25) is 0 Å². The Bertz CT molecular complexity index is 615. The van der Waals surface area contributed by atoms with Crippen LogP contribution in [0.5, 0.6) is 23.0 Å². The average Bonchev–Trinajstić information content (AvgIpc) is 2.76. The van der Waals surface area contributed by atoms with Crippen LogP contribution in [0.3, 0.4) is 0 Å². The first kappa shape index (κ1) is 25.7. The molecule has 170 valence electrons. The molecule has 0 radical (unpaired) electrons. The Morgan fingerprint density at radius 3 is 1.57 bits per heavy atom. The lowest BCUT2D eigenvalue weighted by Gasteiger charge is -2.21. The minimum Gasteiger partial charge on any atom is -0.490 e. The average molecular weight is 423 g/mol. The fourth-order valence-corrected chi connectivity index (χ4v) is 2.52. The summed E-state index contributed by atoms with van der Waals surface area (Å²) in [6.45, 7) is 12.6. The van der Waals surface area contributed by atoms with Crippen molar-refractivity contribution in [1.29, 1.82) is 0 Å². The van der Waals surface area contributed by atoms with E-state index in [9.17, 15) is 4.79 Å². The summed E-state index contributed by atoms with van der Waals surface area (Å²) in [5.41, 5.74) is 0.630. The summed E-state index contributed by atoms with van der Waals surface area (Å²) in [5.74, 6) is 1.87. The van der Waals surface area contributed by atoms with Gasteiger partial charge in [-0.15, -0.1) is 0 Å². The van der Waals surface area contributed by atoms with Crippen molar-refractivity contribution in [3.8, 4) is 23.0 Å². The number of rotatable bonds is 16. The fourth-order valence-electron chi connectivity index (χ4n) is 2.52. The van der Waals surface area contributed by atoms with Gasteiger partial charge in [0.1, 0.15) is 0 Å². The Kier molecular flexibility index (Phi) is 13.2. The molecule has 0 aromatic heterocycles. The lowest BCUT2D eigenvalue weighted by Crippen LogP contribution is -2.08. The predicted molar refractivity (Wildman–Crippen MR) is 120 cm³/mol. The number of hydrogen-bond acceptors (Lipinski definition) is 6. The molecule has 0 amide bonds. The molecule has 0 spiro atoms. The monoisotopic (exact) mass is 422 g/mol. The lowest BCUT2D eigenvalue weighted by atomic mass is 10.1. The van der Waals surface area contributed by atoms with Gasteiger partial charge in [0.15, 0.2) is 23.0 Å². The highest BCUT2D eigenvalue weighted by Crippen LogP contribution is 2.46. The van der Waals surface area contributed by atoms with Crippen LogP contribution in [0.2, 0.25) is 0 Å². The molecule has 1 aromatic rings. The van der Waals surface area contributed by atoms with Crippen molar-refractivity contribution >= 4 is 12.0 Å². The Morgan fingerprint density at radius 2 is 1.13 bits per heavy atom. The van der Waals surface area contributed by atoms with Crippen molar-refractivity contribution in [2.24, 2.45) is 0 Å². The molecule has 0 saturated heterocycles. The minimum atomic E-state index is -0.407. The molecular weight excluding hydrogens is 384 g/mol. The minimum absolute atomic E-state index is 0.381. The maximum Gasteiger partial charge on any atom is 0.330 e. The van der Waals surface area contributed by atoms with Crippen molar-refractivity contribution < 1.29 is 28.5 Å². The second-order valence-electron chi connectivity index (χ2n) is 6.84. The van der Waals surface area contributed by atoms with E-state index in [1.54, 1.807) is 6.08 Å². The fraction of sp³-hybridized carbons (Fsp3) is 0.625. The predicted octanol–water partition coefficient (Wildman–Crippen LogP) is 5.81. The van der Waals surface area contributed by atoms with E-state index in [2.05, 4.69) is 0 Å². The van der Waals surface area contributed by atoms with E-state index in [1.165, 1.54) is 6.08 Å². The number of esters is 1. The molecule has 1 aromatic carbocycles. The number of hydrogen-bond donors (Lipinski definition) is 0. The summed E-state index contributed by atoms with van der Waals surface area (Å²) in [5, 5.41) is 0. The van der Waals surface area contributed by atoms with Crippen LogP contribution in [-0.4, -0.2) is 39.0 Å². The zero-order valence-corrected chi connectivity index (χ0v) is 19.3. The smallest absolute Gasteiger partial charge is 0.330 e. The normalized spacial score (nSPS) is 10.8. The van der Waals surface area contributed by atoms with Crippen LogP contribution < -0.4 is 18.9 Å². The maximum absolute atomic E-state index is 12.1. The Balaban J connectivity index is 3.52. The Morgan fingerprint density at radius 1 is 0.700 bits per heavy atom. The summed E-state index contributed by atoms with van der Waals surface area (Å²) in [6, 6.07) is 1.83. The van der Waals surface area contributed by atoms with Gasteiger partial charge in [0.05, 0.1) is 38.6 Å². The van der Waals surface area contributed by atoms with Crippen molar-refractivity contribution in [3.63, 3.8) is 0 Å². The molecule has 0 aliphatic carbocycles. The molecule has 0 aliphatic heterocycles. The molecule has 1 rings (SSSR count). The molecule has 0 aliphatic rings. The van der Waals surface area contributed by atoms with E-state index < -0.39 is 5.97 Å². The van der Waals surface area contributed by atoms with E-state index in [0.29, 0.717) is 61.6 Å². The van der Waals surface area contributed by atoms with E-state index in [4.69, 9.17) is 23.7 Å².